The van der Waals surface area contributed by atoms with E-state index in [-0.39, 0.29) is 0 Å². The summed E-state index contributed by atoms with van der Waals surface area (Å²) in [5.74, 6) is 0. The molecule has 6 aromatic heterocycles. The Kier molecular flexibility index (Phi) is 6.34. The molecule has 216 valence electrons. The maximum Gasteiger partial charge on any atom is 0.205 e. The van der Waals surface area contributed by atoms with Gasteiger partial charge in [0.05, 0.1) is 46.3 Å². The van der Waals surface area contributed by atoms with E-state index >= 15 is 0 Å². The first-order chi connectivity index (χ1) is 22.1. The summed E-state index contributed by atoms with van der Waals surface area (Å²) in [5.41, 5.74) is 9.41. The molecular weight excluding hydrogens is 552 g/mol. The van der Waals surface area contributed by atoms with Crippen molar-refractivity contribution in [2.75, 3.05) is 0 Å². The van der Waals surface area contributed by atoms with Crippen LogP contribution >= 0.6 is 0 Å². The monoisotopic (exact) mass is 584 g/mol. The van der Waals surface area contributed by atoms with Gasteiger partial charge in [-0.1, -0.05) is 84.9 Å². The summed E-state index contributed by atoms with van der Waals surface area (Å²) in [5, 5.41) is 0. The Morgan fingerprint density at radius 2 is 0.889 bits per heavy atom. The summed E-state index contributed by atoms with van der Waals surface area (Å²) in [7, 11) is 4.11. The van der Waals surface area contributed by atoms with Crippen LogP contribution in [0.1, 0.15) is 22.5 Å². The number of nitrogens with zero attached hydrogens (tertiary/aromatic N) is 6. The lowest BCUT2D eigenvalue weighted by atomic mass is 9.69. The zero-order valence-electron chi connectivity index (χ0n) is 25.2. The lowest BCUT2D eigenvalue weighted by molar-refractivity contribution is -0.737. The summed E-state index contributed by atoms with van der Waals surface area (Å²) in [6, 6.07) is 46.5. The zero-order chi connectivity index (χ0) is 30.4. The van der Waals surface area contributed by atoms with Crippen LogP contribution in [0.3, 0.4) is 0 Å². The van der Waals surface area contributed by atoms with Crippen molar-refractivity contribution in [2.45, 2.75) is 5.41 Å². The van der Waals surface area contributed by atoms with Crippen LogP contribution < -0.4 is 9.36 Å². The highest BCUT2D eigenvalue weighted by Crippen LogP contribution is 2.44. The quantitative estimate of drug-likeness (QED) is 0.214. The highest BCUT2D eigenvalue weighted by Gasteiger charge is 2.41. The maximum atomic E-state index is 5.49. The Morgan fingerprint density at radius 1 is 0.467 bits per heavy atom. The molecule has 6 nitrogen and oxygen atoms in total. The SMILES string of the molecule is C[n+]1cc(-c2cccc(C(c3ccccc3)(c3ccccc3)c3cccc(-c4c[n+](C)n5ccccc45)n3)n2)c2ccccn21. The van der Waals surface area contributed by atoms with E-state index in [1.54, 1.807) is 0 Å². The number of benzene rings is 2. The Hall–Kier alpha value is -5.88. The van der Waals surface area contributed by atoms with Gasteiger partial charge in [0.25, 0.3) is 0 Å². The van der Waals surface area contributed by atoms with Crippen molar-refractivity contribution in [1.82, 2.24) is 19.0 Å². The van der Waals surface area contributed by atoms with Crippen molar-refractivity contribution in [1.29, 1.82) is 0 Å². The summed E-state index contributed by atoms with van der Waals surface area (Å²) in [4.78, 5) is 11.0. The minimum absolute atomic E-state index is 0.788. The molecule has 0 saturated carbocycles. The Labute approximate surface area is 261 Å². The van der Waals surface area contributed by atoms with Crippen LogP contribution in [0.5, 0.6) is 0 Å². The van der Waals surface area contributed by atoms with Gasteiger partial charge in [0.2, 0.25) is 12.4 Å². The standard InChI is InChI=1S/C39H32N6/c1-42-27-31(35-21-9-11-25-44(35)42)33-19-13-23-37(40-33)39(29-15-5-3-6-16-29,30-17-7-4-8-18-30)38-24-14-20-34(41-38)32-28-43(2)45-26-12-10-22-36(32)45/h3-28H,1-2H3/q+2. The molecule has 45 heavy (non-hydrogen) atoms. The van der Waals surface area contributed by atoms with Crippen molar-refractivity contribution in [3.8, 4) is 22.5 Å². The number of fused-ring (bicyclic) bond motifs is 2. The predicted octanol–water partition coefficient (Wildman–Crippen LogP) is 6.35. The van der Waals surface area contributed by atoms with Gasteiger partial charge in [0.15, 0.2) is 14.1 Å². The number of rotatable bonds is 6. The second kappa shape index (κ2) is 10.7. The van der Waals surface area contributed by atoms with E-state index in [1.165, 1.54) is 0 Å². The summed E-state index contributed by atoms with van der Waals surface area (Å²) >= 11 is 0. The Morgan fingerprint density at radius 3 is 1.33 bits per heavy atom. The molecule has 0 unspecified atom stereocenters. The van der Waals surface area contributed by atoms with Crippen LogP contribution in [0, 0.1) is 0 Å². The lowest BCUT2D eigenvalue weighted by Crippen LogP contribution is -2.33. The average molecular weight is 585 g/mol. The molecule has 2 aromatic carbocycles. The molecule has 0 bridgehead atoms. The average Bonchev–Trinajstić information content (AvgIpc) is 3.63. The first-order valence-corrected chi connectivity index (χ1v) is 15.1. The molecule has 8 aromatic rings. The van der Waals surface area contributed by atoms with Gasteiger partial charge in [-0.05, 0) is 59.7 Å². The molecule has 0 amide bonds. The molecule has 0 aliphatic rings. The normalized spacial score (nSPS) is 11.8. The zero-order valence-corrected chi connectivity index (χ0v) is 25.2. The molecule has 0 N–H and O–H groups in total. The minimum Gasteiger partial charge on any atom is -0.251 e. The molecule has 0 aliphatic heterocycles. The van der Waals surface area contributed by atoms with E-state index in [2.05, 4.69) is 179 Å². The Bertz CT molecular complexity index is 2140. The smallest absolute Gasteiger partial charge is 0.205 e. The van der Waals surface area contributed by atoms with Gasteiger partial charge >= 0.3 is 0 Å². The summed E-state index contributed by atoms with van der Waals surface area (Å²) < 4.78 is 8.46. The number of aromatic nitrogens is 6. The predicted molar refractivity (Wildman–Crippen MR) is 175 cm³/mol. The largest absolute Gasteiger partial charge is 0.251 e. The third kappa shape index (κ3) is 4.25. The number of hydrogen-bond acceptors (Lipinski definition) is 2. The van der Waals surface area contributed by atoms with Gasteiger partial charge in [-0.15, -0.1) is 18.4 Å². The van der Waals surface area contributed by atoms with Gasteiger partial charge < -0.3 is 0 Å². The fourth-order valence-corrected chi connectivity index (χ4v) is 6.72. The maximum absolute atomic E-state index is 5.49. The molecular formula is C39H32N6+2. The topological polar surface area (TPSA) is 42.4 Å². The number of aryl methyl sites for hydroxylation is 2. The summed E-state index contributed by atoms with van der Waals surface area (Å²) in [6.07, 6.45) is 8.43. The molecule has 0 saturated heterocycles. The Balaban J connectivity index is 1.43. The highest BCUT2D eigenvalue weighted by molar-refractivity contribution is 5.78. The van der Waals surface area contributed by atoms with E-state index in [9.17, 15) is 0 Å². The van der Waals surface area contributed by atoms with Gasteiger partial charge in [0.1, 0.15) is 16.4 Å². The van der Waals surface area contributed by atoms with Crippen molar-refractivity contribution in [3.63, 3.8) is 0 Å². The first kappa shape index (κ1) is 26.7. The van der Waals surface area contributed by atoms with Crippen LogP contribution in [-0.2, 0) is 19.5 Å². The van der Waals surface area contributed by atoms with Crippen LogP contribution in [0.15, 0.2) is 158 Å². The van der Waals surface area contributed by atoms with E-state index in [1.807, 2.05) is 12.1 Å². The molecule has 6 heteroatoms. The van der Waals surface area contributed by atoms with Gasteiger partial charge in [0, 0.05) is 0 Å². The highest BCUT2D eigenvalue weighted by atomic mass is 15.3. The van der Waals surface area contributed by atoms with Crippen molar-refractivity contribution >= 4 is 11.0 Å². The van der Waals surface area contributed by atoms with Gasteiger partial charge in [-0.2, -0.15) is 0 Å². The van der Waals surface area contributed by atoms with Crippen molar-refractivity contribution in [3.05, 3.63) is 181 Å². The minimum atomic E-state index is -0.788. The second-order valence-corrected chi connectivity index (χ2v) is 11.4. The van der Waals surface area contributed by atoms with Crippen LogP contribution in [0.4, 0.5) is 0 Å². The second-order valence-electron chi connectivity index (χ2n) is 11.4. The molecule has 0 aliphatic carbocycles. The van der Waals surface area contributed by atoms with Crippen molar-refractivity contribution < 1.29 is 9.36 Å². The molecule has 0 radical (unpaired) electrons. The number of hydrogen-bond donors (Lipinski definition) is 0. The van der Waals surface area contributed by atoms with Crippen LogP contribution in [0.2, 0.25) is 0 Å². The van der Waals surface area contributed by atoms with Crippen molar-refractivity contribution in [2.24, 2.45) is 14.1 Å². The molecule has 8 rings (SSSR count). The molecule has 0 spiro atoms. The third-order valence-electron chi connectivity index (χ3n) is 8.77. The lowest BCUT2D eigenvalue weighted by Gasteiger charge is -2.35. The fraction of sp³-hybridized carbons (Fsp3) is 0.0769. The number of pyridine rings is 4. The first-order valence-electron chi connectivity index (χ1n) is 15.1. The van der Waals surface area contributed by atoms with E-state index in [4.69, 9.17) is 9.97 Å². The summed E-state index contributed by atoms with van der Waals surface area (Å²) in [6.45, 7) is 0. The van der Waals surface area contributed by atoms with Crippen LogP contribution in [-0.4, -0.2) is 19.0 Å². The van der Waals surface area contributed by atoms with E-state index < -0.39 is 5.41 Å². The van der Waals surface area contributed by atoms with Gasteiger partial charge in [-0.3, -0.25) is 9.97 Å². The third-order valence-corrected chi connectivity index (χ3v) is 8.77. The molecule has 0 atom stereocenters. The van der Waals surface area contributed by atoms with E-state index in [0.717, 1.165) is 56.1 Å². The molecule has 0 fully saturated rings. The van der Waals surface area contributed by atoms with Crippen LogP contribution in [0.25, 0.3) is 33.5 Å². The fourth-order valence-electron chi connectivity index (χ4n) is 6.72. The van der Waals surface area contributed by atoms with Gasteiger partial charge in [-0.25, -0.2) is 0 Å². The molecule has 6 heterocycles. The van der Waals surface area contributed by atoms with E-state index in [0.29, 0.717) is 0 Å².